The Labute approximate surface area is 137 Å². The molecule has 0 bridgehead atoms. The fourth-order valence-corrected chi connectivity index (χ4v) is 3.95. The average molecular weight is 343 g/mol. The molecule has 0 aromatic heterocycles. The monoisotopic (exact) mass is 343 g/mol. The number of nitrogens with zero attached hydrogens (tertiary/aromatic N) is 1. The first-order valence-corrected chi connectivity index (χ1v) is 9.58. The summed E-state index contributed by atoms with van der Waals surface area (Å²) in [6.45, 7) is 7.97. The maximum absolute atomic E-state index is 12.5. The first-order chi connectivity index (χ1) is 10.9. The molecule has 6 nitrogen and oxygen atoms in total. The predicted octanol–water partition coefficient (Wildman–Crippen LogP) is 4.74. The number of amides is 1. The van der Waals surface area contributed by atoms with E-state index in [1.165, 1.54) is 4.90 Å². The van der Waals surface area contributed by atoms with Crippen LogP contribution in [-0.4, -0.2) is 30.5 Å². The number of carbonyl (C=O) groups is 1. The zero-order valence-electron chi connectivity index (χ0n) is 14.2. The van der Waals surface area contributed by atoms with E-state index >= 15 is 0 Å². The van der Waals surface area contributed by atoms with Crippen molar-refractivity contribution >= 4 is 19.4 Å². The molecule has 0 spiro atoms. The van der Waals surface area contributed by atoms with Crippen LogP contribution in [0, 0.1) is 0 Å². The lowest BCUT2D eigenvalue weighted by atomic mass is 10.1. The molecular formula is C16H26NO5P. The van der Waals surface area contributed by atoms with Crippen molar-refractivity contribution in [1.29, 1.82) is 0 Å². The maximum atomic E-state index is 12.5. The first-order valence-electron chi connectivity index (χ1n) is 7.86. The Bertz CT molecular complexity index is 536. The van der Waals surface area contributed by atoms with Crippen LogP contribution in [0.25, 0.3) is 0 Å². The van der Waals surface area contributed by atoms with E-state index < -0.39 is 13.7 Å². The Morgan fingerprint density at radius 3 is 2.09 bits per heavy atom. The van der Waals surface area contributed by atoms with E-state index in [1.54, 1.807) is 38.1 Å². The highest BCUT2D eigenvalue weighted by atomic mass is 31.2. The number of rotatable bonds is 9. The van der Waals surface area contributed by atoms with Gasteiger partial charge in [0, 0.05) is 11.7 Å². The number of anilines is 1. The highest BCUT2D eigenvalue weighted by molar-refractivity contribution is 7.53. The average Bonchev–Trinajstić information content (AvgIpc) is 2.49. The van der Waals surface area contributed by atoms with Crippen LogP contribution < -0.4 is 4.90 Å². The van der Waals surface area contributed by atoms with Gasteiger partial charge in [-0.2, -0.15) is 0 Å². The standard InChI is InChI=1S/C16H26NO5P/c1-5-13(4)17(16(18)19)15-10-8-14(9-11-15)12-23(20,21-6-2)22-7-3/h8-11,13H,5-7,12H2,1-4H3,(H,18,19). The van der Waals surface area contributed by atoms with Crippen molar-refractivity contribution in [2.24, 2.45) is 0 Å². The van der Waals surface area contributed by atoms with Gasteiger partial charge >= 0.3 is 13.7 Å². The summed E-state index contributed by atoms with van der Waals surface area (Å²) >= 11 is 0. The smallest absolute Gasteiger partial charge is 0.412 e. The second-order valence-electron chi connectivity index (χ2n) is 5.18. The third-order valence-corrected chi connectivity index (χ3v) is 5.54. The first kappa shape index (κ1) is 19.7. The van der Waals surface area contributed by atoms with Gasteiger partial charge in [-0.05, 0) is 44.9 Å². The molecule has 1 aromatic rings. The van der Waals surface area contributed by atoms with Gasteiger partial charge in [0.15, 0.2) is 0 Å². The molecule has 1 N–H and O–H groups in total. The third-order valence-electron chi connectivity index (χ3n) is 3.48. The van der Waals surface area contributed by atoms with Crippen LogP contribution in [0.1, 0.15) is 39.7 Å². The minimum atomic E-state index is -3.15. The number of carboxylic acid groups (broad SMARTS) is 1. The lowest BCUT2D eigenvalue weighted by molar-refractivity contribution is 0.199. The molecular weight excluding hydrogens is 317 g/mol. The quantitative estimate of drug-likeness (QED) is 0.656. The summed E-state index contributed by atoms with van der Waals surface area (Å²) < 4.78 is 23.1. The summed E-state index contributed by atoms with van der Waals surface area (Å²) in [5.74, 6) is 0. The topological polar surface area (TPSA) is 76.1 Å². The molecule has 0 saturated heterocycles. The van der Waals surface area contributed by atoms with Crippen molar-refractivity contribution in [3.8, 4) is 0 Å². The number of hydrogen-bond donors (Lipinski definition) is 1. The van der Waals surface area contributed by atoms with Gasteiger partial charge < -0.3 is 14.2 Å². The van der Waals surface area contributed by atoms with Crippen molar-refractivity contribution in [1.82, 2.24) is 0 Å². The molecule has 0 aliphatic heterocycles. The zero-order chi connectivity index (χ0) is 17.5. The molecule has 1 rings (SSSR count). The van der Waals surface area contributed by atoms with E-state index in [4.69, 9.17) is 9.05 Å². The lowest BCUT2D eigenvalue weighted by Crippen LogP contribution is -2.37. The highest BCUT2D eigenvalue weighted by Crippen LogP contribution is 2.51. The molecule has 0 aliphatic carbocycles. The molecule has 0 radical (unpaired) electrons. The summed E-state index contributed by atoms with van der Waals surface area (Å²) in [5, 5.41) is 9.37. The van der Waals surface area contributed by atoms with Gasteiger partial charge in [-0.1, -0.05) is 19.1 Å². The second-order valence-corrected chi connectivity index (χ2v) is 7.24. The molecule has 0 aliphatic rings. The minimum Gasteiger partial charge on any atom is -0.465 e. The Morgan fingerprint density at radius 2 is 1.70 bits per heavy atom. The largest absolute Gasteiger partial charge is 0.465 e. The van der Waals surface area contributed by atoms with E-state index in [0.29, 0.717) is 18.9 Å². The summed E-state index contributed by atoms with van der Waals surface area (Å²) in [6, 6.07) is 6.85. The van der Waals surface area contributed by atoms with Crippen molar-refractivity contribution in [2.75, 3.05) is 18.1 Å². The second kappa shape index (κ2) is 9.06. The van der Waals surface area contributed by atoms with Crippen molar-refractivity contribution in [3.05, 3.63) is 29.8 Å². The van der Waals surface area contributed by atoms with Crippen molar-refractivity contribution in [3.63, 3.8) is 0 Å². The van der Waals surface area contributed by atoms with Crippen LogP contribution >= 0.6 is 7.60 Å². The van der Waals surface area contributed by atoms with E-state index in [9.17, 15) is 14.5 Å². The molecule has 0 saturated carbocycles. The summed E-state index contributed by atoms with van der Waals surface area (Å²) in [4.78, 5) is 12.8. The minimum absolute atomic E-state index is 0.115. The van der Waals surface area contributed by atoms with Gasteiger partial charge in [-0.3, -0.25) is 9.46 Å². The van der Waals surface area contributed by atoms with Crippen LogP contribution in [0.15, 0.2) is 24.3 Å². The van der Waals surface area contributed by atoms with Gasteiger partial charge in [0.2, 0.25) is 0 Å². The summed E-state index contributed by atoms with van der Waals surface area (Å²) in [5.41, 5.74) is 1.38. The summed E-state index contributed by atoms with van der Waals surface area (Å²) in [6.07, 6.45) is -0.0927. The van der Waals surface area contributed by atoms with Crippen LogP contribution in [0.2, 0.25) is 0 Å². The molecule has 1 aromatic carbocycles. The molecule has 0 heterocycles. The molecule has 0 fully saturated rings. The molecule has 130 valence electrons. The van der Waals surface area contributed by atoms with Crippen LogP contribution in [0.4, 0.5) is 10.5 Å². The van der Waals surface area contributed by atoms with E-state index in [2.05, 4.69) is 0 Å². The Morgan fingerprint density at radius 1 is 1.17 bits per heavy atom. The Balaban J connectivity index is 2.94. The Kier molecular flexibility index (Phi) is 7.76. The van der Waals surface area contributed by atoms with Gasteiger partial charge in [-0.15, -0.1) is 0 Å². The van der Waals surface area contributed by atoms with E-state index in [-0.39, 0.29) is 12.2 Å². The predicted molar refractivity (Wildman–Crippen MR) is 91.3 cm³/mol. The van der Waals surface area contributed by atoms with E-state index in [0.717, 1.165) is 12.0 Å². The van der Waals surface area contributed by atoms with Crippen molar-refractivity contribution < 1.29 is 23.5 Å². The fraction of sp³-hybridized carbons (Fsp3) is 0.562. The molecule has 1 amide bonds. The third kappa shape index (κ3) is 5.65. The van der Waals surface area contributed by atoms with Crippen LogP contribution in [0.5, 0.6) is 0 Å². The van der Waals surface area contributed by atoms with Gasteiger partial charge in [0.1, 0.15) is 0 Å². The molecule has 7 heteroatoms. The molecule has 1 unspecified atom stereocenters. The van der Waals surface area contributed by atoms with Gasteiger partial charge in [0.05, 0.1) is 19.4 Å². The fourth-order valence-electron chi connectivity index (χ4n) is 2.24. The number of hydrogen-bond acceptors (Lipinski definition) is 4. The Hall–Kier alpha value is -1.36. The van der Waals surface area contributed by atoms with E-state index in [1.807, 2.05) is 13.8 Å². The SMILES string of the molecule is CCOP(=O)(Cc1ccc(N(C(=O)O)C(C)CC)cc1)OCC. The zero-order valence-corrected chi connectivity index (χ0v) is 15.1. The van der Waals surface area contributed by atoms with Gasteiger partial charge in [-0.25, -0.2) is 4.79 Å². The van der Waals surface area contributed by atoms with Crippen LogP contribution in [0.3, 0.4) is 0 Å². The molecule has 1 atom stereocenters. The highest BCUT2D eigenvalue weighted by Gasteiger charge is 2.25. The van der Waals surface area contributed by atoms with Crippen LogP contribution in [-0.2, 0) is 19.8 Å². The summed E-state index contributed by atoms with van der Waals surface area (Å²) in [7, 11) is -3.15. The van der Waals surface area contributed by atoms with Crippen molar-refractivity contribution in [2.45, 2.75) is 46.3 Å². The number of benzene rings is 1. The van der Waals surface area contributed by atoms with Gasteiger partial charge in [0.25, 0.3) is 0 Å². The maximum Gasteiger partial charge on any atom is 0.412 e. The normalized spacial score (nSPS) is 12.9. The lowest BCUT2D eigenvalue weighted by Gasteiger charge is -2.26. The molecule has 23 heavy (non-hydrogen) atoms.